The summed E-state index contributed by atoms with van der Waals surface area (Å²) in [6.45, 7) is 1.59. The Morgan fingerprint density at radius 1 is 0.765 bits per heavy atom. The van der Waals surface area contributed by atoms with Gasteiger partial charge in [0, 0.05) is 6.54 Å². The molecule has 0 fully saturated rings. The van der Waals surface area contributed by atoms with Crippen molar-refractivity contribution in [3.05, 3.63) is 102 Å². The fraction of sp³-hybridized carbons (Fsp3) is 0.167. The number of nitrogens with zero attached hydrogens (tertiary/aromatic N) is 2. The highest BCUT2D eigenvalue weighted by molar-refractivity contribution is 5.83. The standard InChI is InChI=1S/C30H28N2O2/c1-33-26-16-12-23(13-17-26)14-19-30-31-28-10-4-5-11-29(28)32(30)20-6-7-21-34-27-18-15-24-8-2-3-9-25(24)22-27/h2-5,8-19,22H,6-7,20-21H2,1H3/b19-14+. The molecule has 0 saturated heterocycles. The molecule has 34 heavy (non-hydrogen) atoms. The molecule has 0 saturated carbocycles. The SMILES string of the molecule is COc1ccc(/C=C/c2nc3ccccc3n2CCCCOc2ccc3ccccc3c2)cc1. The van der Waals surface area contributed by atoms with Gasteiger partial charge < -0.3 is 14.0 Å². The third-order valence-electron chi connectivity index (χ3n) is 5.99. The zero-order valence-corrected chi connectivity index (χ0v) is 19.4. The number of unbranched alkanes of at least 4 members (excludes halogenated alkanes) is 1. The van der Waals surface area contributed by atoms with E-state index in [0.29, 0.717) is 6.61 Å². The number of fused-ring (bicyclic) bond motifs is 2. The monoisotopic (exact) mass is 448 g/mol. The molecule has 0 amide bonds. The largest absolute Gasteiger partial charge is 0.497 e. The zero-order chi connectivity index (χ0) is 23.2. The van der Waals surface area contributed by atoms with Crippen molar-refractivity contribution in [2.24, 2.45) is 0 Å². The van der Waals surface area contributed by atoms with E-state index in [4.69, 9.17) is 14.5 Å². The molecule has 0 N–H and O–H groups in total. The lowest BCUT2D eigenvalue weighted by molar-refractivity contribution is 0.304. The molecular formula is C30H28N2O2. The average molecular weight is 449 g/mol. The minimum absolute atomic E-state index is 0.696. The molecule has 4 heteroatoms. The van der Waals surface area contributed by atoms with Crippen LogP contribution in [0.1, 0.15) is 24.2 Å². The lowest BCUT2D eigenvalue weighted by atomic mass is 10.1. The Kier molecular flexibility index (Phi) is 6.57. The second kappa shape index (κ2) is 10.3. The second-order valence-electron chi connectivity index (χ2n) is 8.28. The Morgan fingerprint density at radius 2 is 1.53 bits per heavy atom. The average Bonchev–Trinajstić information content (AvgIpc) is 3.25. The molecule has 0 bridgehead atoms. The van der Waals surface area contributed by atoms with E-state index in [2.05, 4.69) is 71.3 Å². The molecule has 1 heterocycles. The van der Waals surface area contributed by atoms with Crippen LogP contribution in [0.4, 0.5) is 0 Å². The predicted molar refractivity (Wildman–Crippen MR) is 140 cm³/mol. The molecule has 0 aliphatic rings. The van der Waals surface area contributed by atoms with Crippen LogP contribution in [0.5, 0.6) is 11.5 Å². The van der Waals surface area contributed by atoms with Crippen molar-refractivity contribution < 1.29 is 9.47 Å². The summed E-state index contributed by atoms with van der Waals surface area (Å²) < 4.78 is 13.6. The minimum Gasteiger partial charge on any atom is -0.497 e. The van der Waals surface area contributed by atoms with Crippen LogP contribution in [-0.2, 0) is 6.54 Å². The Hall–Kier alpha value is -4.05. The first-order chi connectivity index (χ1) is 16.8. The molecule has 4 aromatic carbocycles. The summed E-state index contributed by atoms with van der Waals surface area (Å²) in [5, 5.41) is 2.44. The van der Waals surface area contributed by atoms with Crippen LogP contribution in [0, 0.1) is 0 Å². The van der Waals surface area contributed by atoms with Crippen molar-refractivity contribution in [1.82, 2.24) is 9.55 Å². The molecular weight excluding hydrogens is 420 g/mol. The van der Waals surface area contributed by atoms with Crippen LogP contribution in [-0.4, -0.2) is 23.3 Å². The van der Waals surface area contributed by atoms with Crippen molar-refractivity contribution in [2.45, 2.75) is 19.4 Å². The van der Waals surface area contributed by atoms with Gasteiger partial charge in [0.1, 0.15) is 17.3 Å². The summed E-state index contributed by atoms with van der Waals surface area (Å²) in [7, 11) is 1.68. The van der Waals surface area contributed by atoms with Gasteiger partial charge in [-0.2, -0.15) is 0 Å². The minimum atomic E-state index is 0.696. The quantitative estimate of drug-likeness (QED) is 0.223. The summed E-state index contributed by atoms with van der Waals surface area (Å²) in [5.41, 5.74) is 3.29. The van der Waals surface area contributed by atoms with Gasteiger partial charge in [-0.05, 0) is 71.7 Å². The van der Waals surface area contributed by atoms with E-state index < -0.39 is 0 Å². The zero-order valence-electron chi connectivity index (χ0n) is 19.4. The molecule has 0 spiro atoms. The first-order valence-electron chi connectivity index (χ1n) is 11.7. The van der Waals surface area contributed by atoms with Gasteiger partial charge in [-0.1, -0.05) is 60.7 Å². The summed E-state index contributed by atoms with van der Waals surface area (Å²) >= 11 is 0. The van der Waals surface area contributed by atoms with Crippen LogP contribution < -0.4 is 9.47 Å². The van der Waals surface area contributed by atoms with Crippen molar-refractivity contribution in [2.75, 3.05) is 13.7 Å². The maximum Gasteiger partial charge on any atom is 0.133 e. The van der Waals surface area contributed by atoms with Gasteiger partial charge in [0.2, 0.25) is 0 Å². The number of rotatable bonds is 9. The smallest absolute Gasteiger partial charge is 0.133 e. The molecule has 5 rings (SSSR count). The fourth-order valence-corrected chi connectivity index (χ4v) is 4.16. The van der Waals surface area contributed by atoms with E-state index in [9.17, 15) is 0 Å². The predicted octanol–water partition coefficient (Wildman–Crippen LogP) is 7.23. The number of aryl methyl sites for hydroxylation is 1. The number of para-hydroxylation sites is 2. The third kappa shape index (κ3) is 4.96. The van der Waals surface area contributed by atoms with Crippen molar-refractivity contribution in [1.29, 1.82) is 0 Å². The maximum absolute atomic E-state index is 6.03. The van der Waals surface area contributed by atoms with E-state index in [1.165, 1.54) is 10.8 Å². The highest BCUT2D eigenvalue weighted by Crippen LogP contribution is 2.22. The van der Waals surface area contributed by atoms with Crippen molar-refractivity contribution in [3.8, 4) is 11.5 Å². The van der Waals surface area contributed by atoms with Crippen LogP contribution in [0.25, 0.3) is 34.0 Å². The molecule has 0 aliphatic carbocycles. The number of benzene rings is 4. The Labute approximate surface area is 200 Å². The molecule has 0 unspecified atom stereocenters. The molecule has 0 atom stereocenters. The summed E-state index contributed by atoms with van der Waals surface area (Å²) in [6, 6.07) is 31.0. The summed E-state index contributed by atoms with van der Waals surface area (Å²) in [4.78, 5) is 4.86. The second-order valence-corrected chi connectivity index (χ2v) is 8.28. The highest BCUT2D eigenvalue weighted by atomic mass is 16.5. The van der Waals surface area contributed by atoms with Crippen LogP contribution in [0.2, 0.25) is 0 Å². The number of hydrogen-bond acceptors (Lipinski definition) is 3. The van der Waals surface area contributed by atoms with E-state index in [1.54, 1.807) is 7.11 Å². The van der Waals surface area contributed by atoms with Gasteiger partial charge in [-0.3, -0.25) is 0 Å². The fourth-order valence-electron chi connectivity index (χ4n) is 4.16. The maximum atomic E-state index is 6.03. The number of methoxy groups -OCH3 is 1. The first kappa shape index (κ1) is 21.8. The molecule has 0 radical (unpaired) electrons. The first-order valence-corrected chi connectivity index (χ1v) is 11.7. The van der Waals surface area contributed by atoms with Crippen molar-refractivity contribution in [3.63, 3.8) is 0 Å². The third-order valence-corrected chi connectivity index (χ3v) is 5.99. The van der Waals surface area contributed by atoms with Gasteiger partial charge >= 0.3 is 0 Å². The lowest BCUT2D eigenvalue weighted by Gasteiger charge is -2.09. The lowest BCUT2D eigenvalue weighted by Crippen LogP contribution is -2.04. The number of aromatic nitrogens is 2. The van der Waals surface area contributed by atoms with Gasteiger partial charge in [-0.25, -0.2) is 4.98 Å². The van der Waals surface area contributed by atoms with E-state index in [-0.39, 0.29) is 0 Å². The summed E-state index contributed by atoms with van der Waals surface area (Å²) in [5.74, 6) is 2.75. The van der Waals surface area contributed by atoms with Gasteiger partial charge in [0.25, 0.3) is 0 Å². The van der Waals surface area contributed by atoms with Crippen molar-refractivity contribution >= 4 is 34.0 Å². The highest BCUT2D eigenvalue weighted by Gasteiger charge is 2.08. The normalized spacial score (nSPS) is 11.4. The Morgan fingerprint density at radius 3 is 2.38 bits per heavy atom. The van der Waals surface area contributed by atoms with Crippen LogP contribution in [0.15, 0.2) is 91.0 Å². The Balaban J connectivity index is 1.23. The van der Waals surface area contributed by atoms with E-state index in [1.807, 2.05) is 36.4 Å². The van der Waals surface area contributed by atoms with Gasteiger partial charge in [-0.15, -0.1) is 0 Å². The molecule has 5 aromatic rings. The van der Waals surface area contributed by atoms with Crippen LogP contribution in [0.3, 0.4) is 0 Å². The van der Waals surface area contributed by atoms with Crippen LogP contribution >= 0.6 is 0 Å². The van der Waals surface area contributed by atoms with Gasteiger partial charge in [0.05, 0.1) is 24.8 Å². The number of ether oxygens (including phenoxy) is 2. The Bertz CT molecular complexity index is 1420. The summed E-state index contributed by atoms with van der Waals surface area (Å²) in [6.07, 6.45) is 6.17. The molecule has 170 valence electrons. The van der Waals surface area contributed by atoms with Gasteiger partial charge in [0.15, 0.2) is 0 Å². The molecule has 4 nitrogen and oxygen atoms in total. The molecule has 1 aromatic heterocycles. The number of imidazole rings is 1. The molecule has 0 aliphatic heterocycles. The van der Waals surface area contributed by atoms with E-state index in [0.717, 1.165) is 53.3 Å². The number of hydrogen-bond donors (Lipinski definition) is 0. The van der Waals surface area contributed by atoms with E-state index >= 15 is 0 Å². The topological polar surface area (TPSA) is 36.3 Å².